The Hall–Kier alpha value is -3.46. The monoisotopic (exact) mass is 558 g/mol. The molecule has 2 nitrogen and oxygen atoms in total. The van der Waals surface area contributed by atoms with Crippen LogP contribution in [0.25, 0.3) is 0 Å². The van der Waals surface area contributed by atoms with Crippen molar-refractivity contribution < 1.29 is 0 Å². The second-order valence-electron chi connectivity index (χ2n) is 9.83. The standard InChI is InChI=1S/C35H38N2.2ClH/c1-5-7-34(30-17-9-26(3)10-18-30)36-32-21-13-28(14-22-32)25-29-15-23-33(24-16-29)37-35(8-6-2)31-19-11-27(4)12-20-31;;/h5-6,9-24,34-37H,1-2,7-8,25H2,3-4H3;2*1H. The summed E-state index contributed by atoms with van der Waals surface area (Å²) in [5.74, 6) is 0. The number of halogens is 2. The van der Waals surface area contributed by atoms with Gasteiger partial charge in [0.25, 0.3) is 0 Å². The zero-order chi connectivity index (χ0) is 26.0. The Morgan fingerprint density at radius 1 is 0.538 bits per heavy atom. The van der Waals surface area contributed by atoms with Gasteiger partial charge in [-0.1, -0.05) is 96.1 Å². The number of benzene rings is 4. The van der Waals surface area contributed by atoms with E-state index in [1.807, 2.05) is 12.2 Å². The number of hydrogen-bond donors (Lipinski definition) is 2. The third-order valence-electron chi connectivity index (χ3n) is 6.76. The third-order valence-corrected chi connectivity index (χ3v) is 6.76. The molecule has 0 saturated heterocycles. The minimum atomic E-state index is 0. The quantitative estimate of drug-likeness (QED) is 0.169. The van der Waals surface area contributed by atoms with E-state index in [0.717, 1.165) is 30.6 Å². The lowest BCUT2D eigenvalue weighted by Gasteiger charge is -2.20. The van der Waals surface area contributed by atoms with Crippen LogP contribution in [0.15, 0.2) is 122 Å². The van der Waals surface area contributed by atoms with Crippen molar-refractivity contribution in [3.8, 4) is 0 Å². The molecule has 0 fully saturated rings. The van der Waals surface area contributed by atoms with Crippen molar-refractivity contribution in [3.05, 3.63) is 156 Å². The first-order chi connectivity index (χ1) is 18.0. The molecular formula is C35H40Cl2N2. The van der Waals surface area contributed by atoms with Crippen LogP contribution in [0.5, 0.6) is 0 Å². The number of rotatable bonds is 12. The van der Waals surface area contributed by atoms with Gasteiger partial charge < -0.3 is 10.6 Å². The van der Waals surface area contributed by atoms with E-state index in [4.69, 9.17) is 0 Å². The van der Waals surface area contributed by atoms with Crippen molar-refractivity contribution in [3.63, 3.8) is 0 Å². The lowest BCUT2D eigenvalue weighted by atomic mass is 10.0. The van der Waals surface area contributed by atoms with Crippen LogP contribution in [0.4, 0.5) is 11.4 Å². The number of hydrogen-bond acceptors (Lipinski definition) is 2. The topological polar surface area (TPSA) is 24.1 Å². The van der Waals surface area contributed by atoms with Crippen LogP contribution in [0.3, 0.4) is 0 Å². The molecule has 2 atom stereocenters. The fourth-order valence-corrected chi connectivity index (χ4v) is 4.56. The normalized spacial score (nSPS) is 11.7. The molecule has 4 aromatic rings. The minimum Gasteiger partial charge on any atom is -0.378 e. The predicted octanol–water partition coefficient (Wildman–Crippen LogP) is 10.2. The van der Waals surface area contributed by atoms with Gasteiger partial charge in [0.1, 0.15) is 0 Å². The van der Waals surface area contributed by atoms with Crippen molar-refractivity contribution in [2.45, 2.75) is 45.2 Å². The Balaban J connectivity index is 0.00000267. The van der Waals surface area contributed by atoms with Gasteiger partial charge >= 0.3 is 0 Å². The molecule has 204 valence electrons. The van der Waals surface area contributed by atoms with E-state index in [1.54, 1.807) is 0 Å². The molecule has 0 amide bonds. The van der Waals surface area contributed by atoms with E-state index in [-0.39, 0.29) is 36.9 Å². The minimum absolute atomic E-state index is 0. The lowest BCUT2D eigenvalue weighted by molar-refractivity contribution is 0.798. The van der Waals surface area contributed by atoms with E-state index in [1.165, 1.54) is 33.4 Å². The van der Waals surface area contributed by atoms with E-state index in [9.17, 15) is 0 Å². The third kappa shape index (κ3) is 9.35. The van der Waals surface area contributed by atoms with Gasteiger partial charge in [0.05, 0.1) is 12.1 Å². The zero-order valence-electron chi connectivity index (χ0n) is 22.9. The summed E-state index contributed by atoms with van der Waals surface area (Å²) in [6.07, 6.45) is 6.61. The molecule has 0 aliphatic carbocycles. The van der Waals surface area contributed by atoms with Crippen molar-refractivity contribution in [1.29, 1.82) is 0 Å². The average Bonchev–Trinajstić information content (AvgIpc) is 2.91. The van der Waals surface area contributed by atoms with E-state index in [0.29, 0.717) is 0 Å². The Kier molecular flexibility index (Phi) is 12.9. The van der Waals surface area contributed by atoms with Gasteiger partial charge in [-0.15, -0.1) is 38.0 Å². The molecule has 4 aromatic carbocycles. The lowest BCUT2D eigenvalue weighted by Crippen LogP contribution is -2.10. The molecule has 0 radical (unpaired) electrons. The first-order valence-electron chi connectivity index (χ1n) is 13.1. The molecular weight excluding hydrogens is 519 g/mol. The summed E-state index contributed by atoms with van der Waals surface area (Å²) in [7, 11) is 0. The highest BCUT2D eigenvalue weighted by Crippen LogP contribution is 2.26. The number of nitrogens with one attached hydrogen (secondary N) is 2. The average molecular weight is 560 g/mol. The zero-order valence-corrected chi connectivity index (χ0v) is 24.5. The van der Waals surface area contributed by atoms with Crippen LogP contribution in [-0.2, 0) is 6.42 Å². The van der Waals surface area contributed by atoms with Crippen LogP contribution >= 0.6 is 24.8 Å². The molecule has 0 spiro atoms. The van der Waals surface area contributed by atoms with Gasteiger partial charge in [0.2, 0.25) is 0 Å². The molecule has 0 aliphatic heterocycles. The second-order valence-corrected chi connectivity index (χ2v) is 9.83. The molecule has 0 aliphatic rings. The Labute approximate surface area is 247 Å². The summed E-state index contributed by atoms with van der Waals surface area (Å²) in [5.41, 5.74) is 9.95. The van der Waals surface area contributed by atoms with Gasteiger partial charge in [-0.05, 0) is 79.6 Å². The van der Waals surface area contributed by atoms with Crippen LogP contribution in [0.2, 0.25) is 0 Å². The molecule has 0 bridgehead atoms. The van der Waals surface area contributed by atoms with Crippen molar-refractivity contribution in [2.24, 2.45) is 0 Å². The maximum absolute atomic E-state index is 3.95. The summed E-state index contributed by atoms with van der Waals surface area (Å²) in [6, 6.07) is 35.5. The molecule has 4 rings (SSSR count). The summed E-state index contributed by atoms with van der Waals surface area (Å²) in [6.45, 7) is 12.1. The molecule has 2 N–H and O–H groups in total. The van der Waals surface area contributed by atoms with E-state index >= 15 is 0 Å². The molecule has 0 aromatic heterocycles. The first-order valence-corrected chi connectivity index (χ1v) is 13.1. The summed E-state index contributed by atoms with van der Waals surface area (Å²) < 4.78 is 0. The molecule has 2 unspecified atom stereocenters. The summed E-state index contributed by atoms with van der Waals surface area (Å²) >= 11 is 0. The van der Waals surface area contributed by atoms with Gasteiger partial charge in [0.15, 0.2) is 0 Å². The van der Waals surface area contributed by atoms with Gasteiger partial charge in [0, 0.05) is 11.4 Å². The largest absolute Gasteiger partial charge is 0.378 e. The van der Waals surface area contributed by atoms with Crippen molar-refractivity contribution in [2.75, 3.05) is 10.6 Å². The highest BCUT2D eigenvalue weighted by atomic mass is 35.5. The Morgan fingerprint density at radius 3 is 1.18 bits per heavy atom. The van der Waals surface area contributed by atoms with Crippen molar-refractivity contribution in [1.82, 2.24) is 0 Å². The molecule has 39 heavy (non-hydrogen) atoms. The fraction of sp³-hybridized carbons (Fsp3) is 0.200. The van der Waals surface area contributed by atoms with Gasteiger partial charge in [-0.3, -0.25) is 0 Å². The summed E-state index contributed by atoms with van der Waals surface area (Å²) in [5, 5.41) is 7.35. The van der Waals surface area contributed by atoms with Gasteiger partial charge in [-0.25, -0.2) is 0 Å². The maximum atomic E-state index is 3.95. The smallest absolute Gasteiger partial charge is 0.0548 e. The van der Waals surface area contributed by atoms with Gasteiger partial charge in [-0.2, -0.15) is 0 Å². The number of anilines is 2. The van der Waals surface area contributed by atoms with Crippen molar-refractivity contribution >= 4 is 36.2 Å². The highest BCUT2D eigenvalue weighted by Gasteiger charge is 2.11. The van der Waals surface area contributed by atoms with Crippen LogP contribution in [0.1, 0.15) is 58.3 Å². The molecule has 0 saturated carbocycles. The first kappa shape index (κ1) is 31.8. The molecule has 0 heterocycles. The maximum Gasteiger partial charge on any atom is 0.0548 e. The SMILES string of the molecule is C=CCC(Nc1ccc(Cc2ccc(NC(CC=C)c3ccc(C)cc3)cc2)cc1)c1ccc(C)cc1.Cl.Cl. The van der Waals surface area contributed by atoms with E-state index in [2.05, 4.69) is 135 Å². The highest BCUT2D eigenvalue weighted by molar-refractivity contribution is 5.85. The van der Waals surface area contributed by atoms with E-state index < -0.39 is 0 Å². The van der Waals surface area contributed by atoms with Crippen LogP contribution in [0, 0.1) is 13.8 Å². The fourth-order valence-electron chi connectivity index (χ4n) is 4.56. The number of aryl methyl sites for hydroxylation is 2. The predicted molar refractivity (Wildman–Crippen MR) is 175 cm³/mol. The van der Waals surface area contributed by atoms with Crippen LogP contribution < -0.4 is 10.6 Å². The summed E-state index contributed by atoms with van der Waals surface area (Å²) in [4.78, 5) is 0. The Bertz CT molecular complexity index is 1180. The molecule has 4 heteroatoms. The second kappa shape index (κ2) is 15.8. The Morgan fingerprint density at radius 2 is 0.872 bits per heavy atom. The van der Waals surface area contributed by atoms with Crippen LogP contribution in [-0.4, -0.2) is 0 Å².